The number of benzene rings is 4. The molecule has 0 saturated heterocycles. The number of hydrogen-bond acceptors (Lipinski definition) is 11. The van der Waals surface area contributed by atoms with Crippen LogP contribution in [0.25, 0.3) is 44.3 Å². The number of aromatic carboxylic acids is 1. The molecule has 0 fully saturated rings. The van der Waals surface area contributed by atoms with Gasteiger partial charge >= 0.3 is 5.97 Å². The highest BCUT2D eigenvalue weighted by molar-refractivity contribution is 6.01. The highest BCUT2D eigenvalue weighted by atomic mass is 19.2. The lowest BCUT2D eigenvalue weighted by atomic mass is 10.0. The van der Waals surface area contributed by atoms with Gasteiger partial charge in [-0.3, -0.25) is 24.0 Å². The molecule has 0 radical (unpaired) electrons. The summed E-state index contributed by atoms with van der Waals surface area (Å²) in [5.41, 5.74) is 10.9. The minimum Gasteiger partial charge on any atom is -0.478 e. The minimum atomic E-state index is -1.08. The smallest absolute Gasteiger partial charge is 0.337 e. The predicted molar refractivity (Wildman–Crippen MR) is 310 cm³/mol. The molecule has 6 aromatic heterocycles. The maximum atomic E-state index is 13.6. The third-order valence-electron chi connectivity index (χ3n) is 13.1. The molecule has 0 aliphatic rings. The molecular weight excluding hydrogens is 1100 g/mol. The monoisotopic (exact) mass is 1160 g/mol. The first-order valence-electron chi connectivity index (χ1n) is 26.2. The standard InChI is InChI=1S/C31H27F2N5O4.C28H20F2N4O4.C3H9NO/c1-42-11-9-34-29(39)22-14-24-25(17-36-28(24)35-16-22)21-5-2-4-19(12-21)15-37-30(40)23-6-3-10-38(31(23)41)18-20-7-8-26(32)27(33)13-20;29-23-7-6-17(10-24(23)30)15-34-8-2-5-20(27(34)36)26(35)33-12-16-3-1-4-18(9-16)22-14-32-25-21(22)11-19(13-31-25)28(37)38;1-5-3-2-4/h2-8,10,12-14,16-17H,9,11,15,18H2,1H3,(H,34,39)(H,35,36)(H,37,40);1-11,13-14H,12,15H2,(H,31,32)(H,33,35)(H,37,38);2-4H2,1H3. The van der Waals surface area contributed by atoms with Crippen LogP contribution in [0.15, 0.2) is 168 Å². The van der Waals surface area contributed by atoms with Crippen LogP contribution in [-0.4, -0.2) is 98.4 Å². The Labute approximate surface area is 482 Å². The molecule has 4 aromatic carbocycles. The van der Waals surface area contributed by atoms with Crippen LogP contribution in [0, 0.1) is 23.3 Å². The maximum Gasteiger partial charge on any atom is 0.337 e. The van der Waals surface area contributed by atoms with Crippen LogP contribution in [0.5, 0.6) is 0 Å². The second-order valence-corrected chi connectivity index (χ2v) is 19.0. The average Bonchev–Trinajstić information content (AvgIpc) is 3.19. The van der Waals surface area contributed by atoms with Crippen molar-refractivity contribution >= 4 is 45.8 Å². The SMILES string of the molecule is COCCN.COCCNC(=O)c1cnc2[nH]cc(-c3cccc(CNC(=O)c4cccn(Cc5ccc(F)c(F)c5)c4=O)c3)c2c1.O=C(O)c1cnc2[nH]cc(-c3cccc(CNC(=O)c4cccn(Cc5ccc(F)c(F)c5)c4=O)c3)c2c1. The number of hydrogen-bond donors (Lipinski definition) is 7. The first-order chi connectivity index (χ1) is 41.0. The summed E-state index contributed by atoms with van der Waals surface area (Å²) in [5.74, 6) is -6.46. The van der Waals surface area contributed by atoms with Crippen molar-refractivity contribution in [2.24, 2.45) is 5.73 Å². The normalized spacial score (nSPS) is 10.9. The zero-order chi connectivity index (χ0) is 60.6. The van der Waals surface area contributed by atoms with Gasteiger partial charge in [-0.2, -0.15) is 0 Å². The summed E-state index contributed by atoms with van der Waals surface area (Å²) in [6.45, 7) is 2.31. The third-order valence-corrected chi connectivity index (χ3v) is 13.1. The summed E-state index contributed by atoms with van der Waals surface area (Å²) in [5, 5.41) is 19.0. The van der Waals surface area contributed by atoms with Crippen LogP contribution in [-0.2, 0) is 35.7 Å². The second kappa shape index (κ2) is 28.6. The van der Waals surface area contributed by atoms with Gasteiger partial charge < -0.3 is 55.4 Å². The number of carbonyl (C=O) groups excluding carboxylic acids is 3. The fourth-order valence-corrected chi connectivity index (χ4v) is 8.80. The molecule has 10 aromatic rings. The lowest BCUT2D eigenvalue weighted by Crippen LogP contribution is -2.32. The van der Waals surface area contributed by atoms with Gasteiger partial charge in [0, 0.05) is 99.5 Å². The number of nitrogens with two attached hydrogens (primary N) is 1. The van der Waals surface area contributed by atoms with Gasteiger partial charge in [0.05, 0.1) is 37.4 Å². The molecule has 0 unspecified atom stereocenters. The maximum absolute atomic E-state index is 13.6. The summed E-state index contributed by atoms with van der Waals surface area (Å²) in [6, 6.07) is 30.8. The molecule has 19 nitrogen and oxygen atoms in total. The van der Waals surface area contributed by atoms with Gasteiger partial charge in [0.15, 0.2) is 23.3 Å². The van der Waals surface area contributed by atoms with Crippen molar-refractivity contribution in [3.8, 4) is 22.3 Å². The molecule has 23 heteroatoms. The fourth-order valence-electron chi connectivity index (χ4n) is 8.80. The third kappa shape index (κ3) is 15.4. The van der Waals surface area contributed by atoms with E-state index in [2.05, 4.69) is 40.6 Å². The average molecular weight is 1160 g/mol. The van der Waals surface area contributed by atoms with Gasteiger partial charge in [-0.25, -0.2) is 32.3 Å². The number of aromatic amines is 2. The first-order valence-corrected chi connectivity index (χ1v) is 26.2. The topological polar surface area (TPSA) is 270 Å². The number of amides is 3. The Morgan fingerprint density at radius 3 is 1.46 bits per heavy atom. The minimum absolute atomic E-state index is 0.0186. The summed E-state index contributed by atoms with van der Waals surface area (Å²) >= 11 is 0. The fraction of sp³-hybridized carbons (Fsp3) is 0.161. The Bertz CT molecular complexity index is 4180. The lowest BCUT2D eigenvalue weighted by molar-refractivity contribution is 0.0695. The molecule has 0 saturated carbocycles. The van der Waals surface area contributed by atoms with E-state index in [4.69, 9.17) is 10.5 Å². The van der Waals surface area contributed by atoms with Crippen LogP contribution in [0.3, 0.4) is 0 Å². The Balaban J connectivity index is 0.000000206. The molecule has 8 N–H and O–H groups in total. The van der Waals surface area contributed by atoms with Gasteiger partial charge in [-0.15, -0.1) is 0 Å². The molecule has 436 valence electrons. The van der Waals surface area contributed by atoms with Crippen molar-refractivity contribution in [3.63, 3.8) is 0 Å². The van der Waals surface area contributed by atoms with E-state index in [1.165, 1.54) is 64.3 Å². The van der Waals surface area contributed by atoms with Crippen molar-refractivity contribution < 1.29 is 51.3 Å². The largest absolute Gasteiger partial charge is 0.478 e. The second-order valence-electron chi connectivity index (χ2n) is 19.0. The Hall–Kier alpha value is -10.4. The summed E-state index contributed by atoms with van der Waals surface area (Å²) in [6.07, 6.45) is 9.28. The number of nitrogens with zero attached hydrogens (tertiary/aromatic N) is 4. The number of pyridine rings is 4. The molecule has 0 spiro atoms. The number of nitrogens with one attached hydrogen (secondary N) is 5. The predicted octanol–water partition coefficient (Wildman–Crippen LogP) is 7.96. The van der Waals surface area contributed by atoms with E-state index in [0.717, 1.165) is 63.0 Å². The van der Waals surface area contributed by atoms with Crippen molar-refractivity contribution in [1.29, 1.82) is 0 Å². The summed E-state index contributed by atoms with van der Waals surface area (Å²) in [7, 11) is 3.19. The van der Waals surface area contributed by atoms with Crippen LogP contribution < -0.4 is 32.8 Å². The molecule has 85 heavy (non-hydrogen) atoms. The Morgan fingerprint density at radius 1 is 0.553 bits per heavy atom. The summed E-state index contributed by atoms with van der Waals surface area (Å²) in [4.78, 5) is 90.1. The van der Waals surface area contributed by atoms with Gasteiger partial charge in [0.1, 0.15) is 22.4 Å². The Kier molecular flexibility index (Phi) is 20.4. The van der Waals surface area contributed by atoms with E-state index < -0.39 is 52.2 Å². The van der Waals surface area contributed by atoms with Crippen molar-refractivity contribution in [2.45, 2.75) is 26.2 Å². The van der Waals surface area contributed by atoms with Gasteiger partial charge in [0.25, 0.3) is 28.8 Å². The number of ether oxygens (including phenoxy) is 2. The zero-order valence-electron chi connectivity index (χ0n) is 45.8. The van der Waals surface area contributed by atoms with E-state index in [1.54, 1.807) is 44.8 Å². The molecule has 0 bridgehead atoms. The number of H-pyrrole nitrogens is 2. The van der Waals surface area contributed by atoms with Crippen LogP contribution >= 0.6 is 0 Å². The number of methoxy groups -OCH3 is 2. The van der Waals surface area contributed by atoms with Crippen LogP contribution in [0.4, 0.5) is 17.6 Å². The highest BCUT2D eigenvalue weighted by Crippen LogP contribution is 2.31. The number of fused-ring (bicyclic) bond motifs is 2. The number of aromatic nitrogens is 6. The highest BCUT2D eigenvalue weighted by Gasteiger charge is 2.18. The number of halogens is 4. The molecular formula is C62H56F4N10O9. The zero-order valence-corrected chi connectivity index (χ0v) is 45.8. The lowest BCUT2D eigenvalue weighted by Gasteiger charge is -2.10. The Morgan fingerprint density at radius 2 is 1.02 bits per heavy atom. The molecule has 3 amide bonds. The van der Waals surface area contributed by atoms with Crippen molar-refractivity contribution in [3.05, 3.63) is 247 Å². The van der Waals surface area contributed by atoms with Crippen molar-refractivity contribution in [1.82, 2.24) is 45.0 Å². The van der Waals surface area contributed by atoms with Crippen molar-refractivity contribution in [2.75, 3.05) is 40.5 Å². The van der Waals surface area contributed by atoms with Crippen LogP contribution in [0.1, 0.15) is 63.7 Å². The number of carboxylic acids is 1. The van der Waals surface area contributed by atoms with Gasteiger partial charge in [-0.05, 0) is 106 Å². The molecule has 0 aliphatic heterocycles. The first kappa shape index (κ1) is 60.7. The van der Waals surface area contributed by atoms with Gasteiger partial charge in [0.2, 0.25) is 0 Å². The number of rotatable bonds is 19. The van der Waals surface area contributed by atoms with Gasteiger partial charge in [-0.1, -0.05) is 48.5 Å². The van der Waals surface area contributed by atoms with E-state index in [-0.39, 0.29) is 48.8 Å². The molecule has 0 atom stereocenters. The van der Waals surface area contributed by atoms with E-state index in [0.29, 0.717) is 59.7 Å². The molecule has 0 aliphatic carbocycles. The quantitative estimate of drug-likeness (QED) is 0.0300. The number of carbonyl (C=O) groups is 4. The van der Waals surface area contributed by atoms with Crippen LogP contribution in [0.2, 0.25) is 0 Å². The molecule has 6 heterocycles. The number of carboxylic acid groups (broad SMARTS) is 1. The summed E-state index contributed by atoms with van der Waals surface area (Å²) < 4.78 is 65.7. The van der Waals surface area contributed by atoms with E-state index in [1.807, 2.05) is 48.5 Å². The van der Waals surface area contributed by atoms with E-state index >= 15 is 0 Å². The molecule has 10 rings (SSSR count). The van der Waals surface area contributed by atoms with E-state index in [9.17, 15) is 51.4 Å².